The van der Waals surface area contributed by atoms with Crippen LogP contribution in [0.2, 0.25) is 0 Å². The van der Waals surface area contributed by atoms with E-state index in [0.29, 0.717) is 5.92 Å². The molecule has 0 aliphatic carbocycles. The Morgan fingerprint density at radius 1 is 1.08 bits per heavy atom. The molecule has 3 fully saturated rings. The van der Waals surface area contributed by atoms with Crippen molar-refractivity contribution in [2.24, 2.45) is 13.0 Å². The largest absolute Gasteiger partial charge is 0.486 e. The van der Waals surface area contributed by atoms with Crippen molar-refractivity contribution in [1.29, 1.82) is 0 Å². The Balaban J connectivity index is 1.41. The monoisotopic (exact) mass is 350 g/mol. The van der Waals surface area contributed by atoms with Gasteiger partial charge in [-0.05, 0) is 55.6 Å². The maximum atomic E-state index is 14.7. The summed E-state index contributed by atoms with van der Waals surface area (Å²) >= 11 is 0. The van der Waals surface area contributed by atoms with Gasteiger partial charge in [-0.1, -0.05) is 18.2 Å². The molecule has 26 heavy (non-hydrogen) atoms. The first-order valence-corrected chi connectivity index (χ1v) is 9.40. The Kier molecular flexibility index (Phi) is 3.75. The number of aromatic nitrogens is 1. The third-order valence-electron chi connectivity index (χ3n) is 6.07. The van der Waals surface area contributed by atoms with E-state index in [9.17, 15) is 4.39 Å². The molecule has 0 amide bonds. The van der Waals surface area contributed by atoms with Gasteiger partial charge in [-0.3, -0.25) is 4.90 Å². The van der Waals surface area contributed by atoms with E-state index in [4.69, 9.17) is 4.74 Å². The smallest absolute Gasteiger partial charge is 0.140 e. The maximum Gasteiger partial charge on any atom is 0.140 e. The third-order valence-corrected chi connectivity index (χ3v) is 6.07. The molecule has 6 rings (SSSR count). The van der Waals surface area contributed by atoms with Gasteiger partial charge in [-0.25, -0.2) is 4.39 Å². The zero-order chi connectivity index (χ0) is 17.7. The van der Waals surface area contributed by atoms with Crippen LogP contribution < -0.4 is 4.74 Å². The SMILES string of the molecule is Cn1c2ccccc2c2ccc(OC/C(F)=C3\CN4CCC3CC4)cc21. The van der Waals surface area contributed by atoms with Crippen molar-refractivity contribution < 1.29 is 9.13 Å². The molecule has 3 saturated heterocycles. The molecule has 3 aliphatic heterocycles. The number of nitrogens with zero attached hydrogens (tertiary/aromatic N) is 2. The van der Waals surface area contributed by atoms with Crippen LogP contribution in [0.1, 0.15) is 12.8 Å². The summed E-state index contributed by atoms with van der Waals surface area (Å²) < 4.78 is 22.7. The molecular weight excluding hydrogens is 327 g/mol. The number of hydrogen-bond acceptors (Lipinski definition) is 2. The summed E-state index contributed by atoms with van der Waals surface area (Å²) in [5.74, 6) is 1.07. The minimum atomic E-state index is -0.0726. The first kappa shape index (κ1) is 15.9. The first-order valence-electron chi connectivity index (χ1n) is 9.40. The molecule has 2 bridgehead atoms. The summed E-state index contributed by atoms with van der Waals surface area (Å²) in [7, 11) is 2.06. The van der Waals surface area contributed by atoms with Crippen LogP contribution >= 0.6 is 0 Å². The lowest BCUT2D eigenvalue weighted by Crippen LogP contribution is -2.43. The van der Waals surface area contributed by atoms with Gasteiger partial charge in [0, 0.05) is 35.9 Å². The van der Waals surface area contributed by atoms with Gasteiger partial charge in [0.25, 0.3) is 0 Å². The maximum absolute atomic E-state index is 14.7. The molecule has 0 atom stereocenters. The van der Waals surface area contributed by atoms with E-state index < -0.39 is 0 Å². The zero-order valence-electron chi connectivity index (χ0n) is 15.0. The Hall–Kier alpha value is -2.33. The van der Waals surface area contributed by atoms with Gasteiger partial charge >= 0.3 is 0 Å². The molecule has 4 heterocycles. The predicted molar refractivity (Wildman–Crippen MR) is 103 cm³/mol. The van der Waals surface area contributed by atoms with Gasteiger partial charge in [-0.2, -0.15) is 0 Å². The second kappa shape index (κ2) is 6.13. The summed E-state index contributed by atoms with van der Waals surface area (Å²) in [4.78, 5) is 2.34. The molecule has 0 N–H and O–H groups in total. The number of rotatable bonds is 3. The number of halogens is 1. The minimum absolute atomic E-state index is 0.0368. The second-order valence-corrected chi connectivity index (χ2v) is 7.52. The predicted octanol–water partition coefficient (Wildman–Crippen LogP) is 4.66. The summed E-state index contributed by atoms with van der Waals surface area (Å²) in [6, 6.07) is 14.4. The molecule has 3 aliphatic rings. The minimum Gasteiger partial charge on any atom is -0.486 e. The molecule has 0 unspecified atom stereocenters. The van der Waals surface area contributed by atoms with Crippen LogP contribution in [-0.2, 0) is 7.05 Å². The summed E-state index contributed by atoms with van der Waals surface area (Å²) in [6.45, 7) is 3.04. The van der Waals surface area contributed by atoms with Gasteiger partial charge < -0.3 is 9.30 Å². The number of ether oxygens (including phenoxy) is 1. The fourth-order valence-corrected chi connectivity index (χ4v) is 4.59. The van der Waals surface area contributed by atoms with Crippen LogP contribution in [0.4, 0.5) is 4.39 Å². The molecular formula is C22H23FN2O. The number of fused-ring (bicyclic) bond motifs is 6. The summed E-state index contributed by atoms with van der Waals surface area (Å²) in [5, 5.41) is 2.43. The number of hydrogen-bond donors (Lipinski definition) is 0. The molecule has 1 aromatic heterocycles. The van der Waals surface area contributed by atoms with Crippen LogP contribution in [0.25, 0.3) is 21.8 Å². The van der Waals surface area contributed by atoms with Crippen molar-refractivity contribution >= 4 is 21.8 Å². The molecule has 134 valence electrons. The van der Waals surface area contributed by atoms with Gasteiger partial charge in [-0.15, -0.1) is 0 Å². The van der Waals surface area contributed by atoms with Crippen LogP contribution in [-0.4, -0.2) is 35.7 Å². The fourth-order valence-electron chi connectivity index (χ4n) is 4.59. The zero-order valence-corrected chi connectivity index (χ0v) is 15.0. The average Bonchev–Trinajstić information content (AvgIpc) is 2.99. The fraction of sp³-hybridized carbons (Fsp3) is 0.364. The van der Waals surface area contributed by atoms with Crippen LogP contribution in [0.15, 0.2) is 53.9 Å². The molecule has 2 aromatic carbocycles. The lowest BCUT2D eigenvalue weighted by molar-refractivity contribution is 0.154. The quantitative estimate of drug-likeness (QED) is 0.683. The topological polar surface area (TPSA) is 17.4 Å². The van der Waals surface area contributed by atoms with E-state index in [1.54, 1.807) is 0 Å². The Morgan fingerprint density at radius 2 is 1.85 bits per heavy atom. The van der Waals surface area contributed by atoms with E-state index >= 15 is 0 Å². The number of piperidine rings is 3. The molecule has 3 aromatic rings. The molecule has 0 spiro atoms. The standard InChI is InChI=1S/C22H23FN2O/c1-24-21-5-3-2-4-17(21)18-7-6-16(12-22(18)24)26-14-20(23)19-13-25-10-8-15(19)9-11-25/h2-7,12,15H,8-11,13-14H2,1H3/b20-19-. The first-order chi connectivity index (χ1) is 12.7. The van der Waals surface area contributed by atoms with Crippen LogP contribution in [0, 0.1) is 5.92 Å². The normalized spacial score (nSPS) is 24.4. The Labute approximate surface area is 152 Å². The van der Waals surface area contributed by atoms with Crippen molar-refractivity contribution in [2.75, 3.05) is 26.2 Å². The van der Waals surface area contributed by atoms with Crippen molar-refractivity contribution in [3.8, 4) is 5.75 Å². The highest BCUT2D eigenvalue weighted by molar-refractivity contribution is 6.08. The van der Waals surface area contributed by atoms with Crippen molar-refractivity contribution in [3.63, 3.8) is 0 Å². The van der Waals surface area contributed by atoms with Gasteiger partial charge in [0.1, 0.15) is 18.2 Å². The third kappa shape index (κ3) is 2.52. The number of benzene rings is 2. The number of para-hydroxylation sites is 1. The van der Waals surface area contributed by atoms with Gasteiger partial charge in [0.2, 0.25) is 0 Å². The lowest BCUT2D eigenvalue weighted by Gasteiger charge is -2.41. The highest BCUT2D eigenvalue weighted by Crippen LogP contribution is 2.35. The highest BCUT2D eigenvalue weighted by atomic mass is 19.1. The Morgan fingerprint density at radius 3 is 2.62 bits per heavy atom. The highest BCUT2D eigenvalue weighted by Gasteiger charge is 2.31. The van der Waals surface area contributed by atoms with E-state index in [-0.39, 0.29) is 12.4 Å². The Bertz CT molecular complexity index is 1010. The van der Waals surface area contributed by atoms with E-state index in [0.717, 1.165) is 49.3 Å². The molecule has 4 heteroatoms. The number of aryl methyl sites for hydroxylation is 1. The van der Waals surface area contributed by atoms with Crippen molar-refractivity contribution in [2.45, 2.75) is 12.8 Å². The van der Waals surface area contributed by atoms with Crippen LogP contribution in [0.3, 0.4) is 0 Å². The molecule has 0 saturated carbocycles. The molecule has 0 radical (unpaired) electrons. The van der Waals surface area contributed by atoms with E-state index in [1.165, 1.54) is 16.3 Å². The lowest BCUT2D eigenvalue weighted by atomic mass is 9.83. The van der Waals surface area contributed by atoms with E-state index in [1.807, 2.05) is 18.2 Å². The van der Waals surface area contributed by atoms with Gasteiger partial charge in [0.15, 0.2) is 0 Å². The van der Waals surface area contributed by atoms with E-state index in [2.05, 4.69) is 40.8 Å². The van der Waals surface area contributed by atoms with Crippen molar-refractivity contribution in [1.82, 2.24) is 9.47 Å². The van der Waals surface area contributed by atoms with Crippen LogP contribution in [0.5, 0.6) is 5.75 Å². The summed E-state index contributed by atoms with van der Waals surface area (Å²) in [5.41, 5.74) is 3.27. The summed E-state index contributed by atoms with van der Waals surface area (Å²) in [6.07, 6.45) is 2.18. The van der Waals surface area contributed by atoms with Gasteiger partial charge in [0.05, 0.1) is 5.52 Å². The molecule has 3 nitrogen and oxygen atoms in total. The van der Waals surface area contributed by atoms with Crippen molar-refractivity contribution in [3.05, 3.63) is 53.9 Å². The average molecular weight is 350 g/mol. The second-order valence-electron chi connectivity index (χ2n) is 7.52.